The number of hydrogen-bond donors (Lipinski definition) is 0. The molecule has 0 radical (unpaired) electrons. The van der Waals surface area contributed by atoms with Crippen LogP contribution in [0.2, 0.25) is 0 Å². The smallest absolute Gasteiger partial charge is 0.261 e. The number of carbonyl (C=O) groups is 4. The number of imide groups is 2. The van der Waals surface area contributed by atoms with Crippen molar-refractivity contribution in [1.82, 2.24) is 9.80 Å². The highest BCUT2D eigenvalue weighted by atomic mass is 16.2. The summed E-state index contributed by atoms with van der Waals surface area (Å²) in [7, 11) is 0. The van der Waals surface area contributed by atoms with E-state index in [2.05, 4.69) is 171 Å². The summed E-state index contributed by atoms with van der Waals surface area (Å²) in [6.45, 7) is 5.06. The van der Waals surface area contributed by atoms with E-state index in [1.54, 1.807) is 0 Å². The number of carbonyl (C=O) groups excluding carboxylic acids is 4. The fourth-order valence-electron chi connectivity index (χ4n) is 14.6. The lowest BCUT2D eigenvalue weighted by molar-refractivity contribution is 0.0592. The van der Waals surface area contributed by atoms with Crippen LogP contribution in [0.4, 0.5) is 0 Å². The van der Waals surface area contributed by atoms with Crippen molar-refractivity contribution in [2.24, 2.45) is 0 Å². The van der Waals surface area contributed by atoms with Crippen LogP contribution in [-0.2, 0) is 0 Å². The van der Waals surface area contributed by atoms with Crippen LogP contribution < -0.4 is 0 Å². The van der Waals surface area contributed by atoms with Gasteiger partial charge in [-0.3, -0.25) is 29.0 Å². The summed E-state index contributed by atoms with van der Waals surface area (Å²) in [5.74, 6) is 13.0. The second-order valence-corrected chi connectivity index (χ2v) is 24.6. The maximum absolute atomic E-state index is 15.5. The Bertz CT molecular complexity index is 4850. The Morgan fingerprint density at radius 3 is 1.01 bits per heavy atom. The van der Waals surface area contributed by atoms with Crippen LogP contribution in [0, 0.1) is 23.7 Å². The molecule has 13 aromatic carbocycles. The first-order valence-corrected chi connectivity index (χ1v) is 32.3. The largest absolute Gasteiger partial charge is 0.274 e. The Labute approximate surface area is 524 Å². The fourth-order valence-corrected chi connectivity index (χ4v) is 14.6. The second kappa shape index (κ2) is 23.6. The van der Waals surface area contributed by atoms with Gasteiger partial charge in [0, 0.05) is 73.8 Å². The molecule has 2 aliphatic rings. The van der Waals surface area contributed by atoms with Crippen LogP contribution in [0.3, 0.4) is 0 Å². The molecule has 2 heterocycles. The highest BCUT2D eigenvalue weighted by Crippen LogP contribution is 2.52. The third kappa shape index (κ3) is 9.62. The molecule has 0 unspecified atom stereocenters. The maximum atomic E-state index is 15.5. The van der Waals surface area contributed by atoms with Gasteiger partial charge in [-0.05, 0) is 166 Å². The molecule has 0 aliphatic carbocycles. The molecule has 15 rings (SSSR count). The molecule has 0 aromatic heterocycles. The number of hydrogen-bond acceptors (Lipinski definition) is 4. The van der Waals surface area contributed by atoms with E-state index in [9.17, 15) is 9.59 Å². The second-order valence-electron chi connectivity index (χ2n) is 24.6. The molecule has 90 heavy (non-hydrogen) atoms. The van der Waals surface area contributed by atoms with Gasteiger partial charge >= 0.3 is 0 Å². The highest BCUT2D eigenvalue weighted by molar-refractivity contribution is 6.44. The van der Waals surface area contributed by atoms with Gasteiger partial charge < -0.3 is 0 Å². The van der Waals surface area contributed by atoms with Crippen molar-refractivity contribution in [3.63, 3.8) is 0 Å². The topological polar surface area (TPSA) is 74.8 Å². The van der Waals surface area contributed by atoms with Gasteiger partial charge in [-0.1, -0.05) is 235 Å². The van der Waals surface area contributed by atoms with Crippen molar-refractivity contribution < 1.29 is 19.2 Å². The van der Waals surface area contributed by atoms with Crippen molar-refractivity contribution in [1.29, 1.82) is 0 Å². The number of nitrogens with zero attached hydrogens (tertiary/aromatic N) is 2. The Hall–Kier alpha value is -10.4. The zero-order valence-corrected chi connectivity index (χ0v) is 50.9. The summed E-state index contributed by atoms with van der Waals surface area (Å²) < 4.78 is 0. The monoisotopic (exact) mass is 1170 g/mol. The van der Waals surface area contributed by atoms with E-state index in [-0.39, 0.29) is 23.6 Å². The van der Waals surface area contributed by atoms with E-state index in [1.807, 2.05) is 60.7 Å². The number of benzene rings is 13. The normalized spacial score (nSPS) is 13.0. The molecule has 0 bridgehead atoms. The first-order valence-electron chi connectivity index (χ1n) is 32.3. The van der Waals surface area contributed by atoms with Crippen molar-refractivity contribution in [2.75, 3.05) is 13.1 Å². The first kappa shape index (κ1) is 56.1. The Morgan fingerprint density at radius 2 is 0.622 bits per heavy atom. The fraction of sp³-hybridized carbons (Fsp3) is 0.190. The molecule has 0 fully saturated rings. The lowest BCUT2D eigenvalue weighted by Crippen LogP contribution is -2.41. The molecular weight excluding hydrogens is 1100 g/mol. The van der Waals surface area contributed by atoms with Crippen LogP contribution >= 0.6 is 0 Å². The summed E-state index contributed by atoms with van der Waals surface area (Å²) in [5, 5.41) is 15.1. The van der Waals surface area contributed by atoms with Crippen molar-refractivity contribution in [3.05, 3.63) is 239 Å². The molecule has 13 aromatic rings. The minimum absolute atomic E-state index is 0.288. The predicted octanol–water partition coefficient (Wildman–Crippen LogP) is 20.4. The van der Waals surface area contributed by atoms with E-state index >= 15 is 9.59 Å². The summed E-state index contributed by atoms with van der Waals surface area (Å²) in [6.07, 6.45) is 12.3. The number of rotatable bonds is 16. The van der Waals surface area contributed by atoms with Crippen molar-refractivity contribution >= 4 is 110 Å². The van der Waals surface area contributed by atoms with E-state index in [1.165, 1.54) is 16.2 Å². The molecule has 0 N–H and O–H groups in total. The zero-order valence-electron chi connectivity index (χ0n) is 50.9. The standard InChI is InChI=1S/C84H66N2O4/c1-3-5-7-9-11-21-47-85-81(87)69-45-43-67-75-68(44-46-70(78(69)75)82(85)88)77-72(56-39-33-54(34-40-56)36-42-66-63-29-19-15-25-59(63)50-60-26-16-20-30-64(60)66)52-74-79-73(83(89)86(84(74)90)48-22-12-10-8-6-4-2)51-71(76(67)80(77)79)55-37-31-53(32-38-55)35-41-65-61-27-17-13-23-57(61)49-58-24-14-18-28-62(58)65/h13-20,23-34,37-40,43-46,49-52H,3-12,21-22,47-48H2,1-2H3. The van der Waals surface area contributed by atoms with Gasteiger partial charge in [0.05, 0.1) is 0 Å². The van der Waals surface area contributed by atoms with Crippen LogP contribution in [0.5, 0.6) is 0 Å². The maximum Gasteiger partial charge on any atom is 0.261 e. The van der Waals surface area contributed by atoms with Gasteiger partial charge in [0.15, 0.2) is 0 Å². The predicted molar refractivity (Wildman–Crippen MR) is 371 cm³/mol. The minimum Gasteiger partial charge on any atom is -0.274 e. The van der Waals surface area contributed by atoms with Gasteiger partial charge in [0.1, 0.15) is 0 Å². The van der Waals surface area contributed by atoms with Crippen molar-refractivity contribution in [2.45, 2.75) is 90.9 Å². The van der Waals surface area contributed by atoms with Crippen LogP contribution in [-0.4, -0.2) is 46.5 Å². The number of unbranched alkanes of at least 4 members (excludes halogenated alkanes) is 10. The first-order chi connectivity index (χ1) is 44.3. The molecule has 4 amide bonds. The van der Waals surface area contributed by atoms with E-state index in [4.69, 9.17) is 0 Å². The lowest BCUT2D eigenvalue weighted by Gasteiger charge is -2.32. The van der Waals surface area contributed by atoms with Crippen LogP contribution in [0.1, 0.15) is 155 Å². The van der Waals surface area contributed by atoms with Gasteiger partial charge in [0.25, 0.3) is 23.6 Å². The zero-order chi connectivity index (χ0) is 61.0. The summed E-state index contributed by atoms with van der Waals surface area (Å²) >= 11 is 0. The minimum atomic E-state index is -0.308. The van der Waals surface area contributed by atoms with Gasteiger partial charge in [-0.2, -0.15) is 0 Å². The highest BCUT2D eigenvalue weighted by Gasteiger charge is 2.39. The van der Waals surface area contributed by atoms with Crippen LogP contribution in [0.15, 0.2) is 194 Å². The van der Waals surface area contributed by atoms with Gasteiger partial charge in [0.2, 0.25) is 0 Å². The SMILES string of the molecule is CCCCCCCCN1C(=O)c2ccc3c4c(-c5ccc(C#Cc6c7ccccc7cc7ccccc67)cc5)cc5c6c(cc(-c7ccc(C#Cc8c9ccccc9cc9ccccc89)cc7)c(c7ccc(c2c37)C1=O)c64)C(=O)N(CCCCCCCC)C5=O. The molecule has 0 atom stereocenters. The lowest BCUT2D eigenvalue weighted by atomic mass is 9.77. The van der Waals surface area contributed by atoms with Crippen molar-refractivity contribution in [3.8, 4) is 45.9 Å². The molecule has 0 saturated heterocycles. The summed E-state index contributed by atoms with van der Waals surface area (Å²) in [4.78, 5) is 63.7. The molecule has 436 valence electrons. The van der Waals surface area contributed by atoms with Crippen LogP contribution in [0.25, 0.3) is 108 Å². The average Bonchev–Trinajstić information content (AvgIpc) is 0.683. The van der Waals surface area contributed by atoms with E-state index < -0.39 is 0 Å². The molecule has 6 heteroatoms. The molecule has 2 aliphatic heterocycles. The Balaban J connectivity index is 0.941. The quantitative estimate of drug-likeness (QED) is 0.0318. The molecular formula is C84H66N2O4. The van der Waals surface area contributed by atoms with E-state index in [0.29, 0.717) is 52.5 Å². The average molecular weight is 1170 g/mol. The number of fused-ring (bicyclic) bond motifs is 6. The summed E-state index contributed by atoms with van der Waals surface area (Å²) in [5.41, 5.74) is 8.86. The van der Waals surface area contributed by atoms with E-state index in [0.717, 1.165) is 184 Å². The van der Waals surface area contributed by atoms with Gasteiger partial charge in [-0.25, -0.2) is 0 Å². The summed E-state index contributed by atoms with van der Waals surface area (Å²) in [6, 6.07) is 66.4. The molecule has 0 spiro atoms. The Kier molecular flexibility index (Phi) is 14.7. The Morgan fingerprint density at radius 1 is 0.278 bits per heavy atom. The molecule has 6 nitrogen and oxygen atoms in total. The third-order valence-electron chi connectivity index (χ3n) is 19.1. The number of amides is 4. The van der Waals surface area contributed by atoms with Gasteiger partial charge in [-0.15, -0.1) is 0 Å². The third-order valence-corrected chi connectivity index (χ3v) is 19.1. The molecule has 0 saturated carbocycles.